The molecule has 0 spiro atoms. The lowest BCUT2D eigenvalue weighted by molar-refractivity contribution is 0.759. The largest absolute Gasteiger partial charge is 0.358 e. The monoisotopic (exact) mass is 403 g/mol. The highest BCUT2D eigenvalue weighted by atomic mass is 32.2. The molecule has 134 valence electrons. The average molecular weight is 404 g/mol. The lowest BCUT2D eigenvalue weighted by Gasteiger charge is -2.07. The first kappa shape index (κ1) is 17.4. The first-order valence-electron chi connectivity index (χ1n) is 8.27. The second-order valence-corrected chi connectivity index (χ2v) is 9.10. The third-order valence-electron chi connectivity index (χ3n) is 3.98. The number of thioether (sulfide) groups is 1. The van der Waals surface area contributed by atoms with E-state index in [9.17, 15) is 4.79 Å². The maximum atomic E-state index is 12.5. The van der Waals surface area contributed by atoms with Crippen LogP contribution in [0.1, 0.15) is 26.0 Å². The third kappa shape index (κ3) is 3.46. The van der Waals surface area contributed by atoms with Gasteiger partial charge in [-0.3, -0.25) is 9.20 Å². The predicted molar refractivity (Wildman–Crippen MR) is 110 cm³/mol. The highest BCUT2D eigenvalue weighted by Crippen LogP contribution is 2.29. The van der Waals surface area contributed by atoms with E-state index in [0.29, 0.717) is 11.8 Å². The van der Waals surface area contributed by atoms with Crippen LogP contribution >= 0.6 is 34.4 Å². The number of para-hydroxylation sites is 1. The molecular formula is C17H17N5OS3. The van der Waals surface area contributed by atoms with Gasteiger partial charge in [-0.05, 0) is 25.5 Å². The Morgan fingerprint density at radius 2 is 2.12 bits per heavy atom. The molecule has 9 heteroatoms. The number of rotatable bonds is 6. The maximum Gasteiger partial charge on any atom is 0.259 e. The van der Waals surface area contributed by atoms with Crippen LogP contribution < -0.4 is 10.9 Å². The fraction of sp³-hybridized carbons (Fsp3) is 0.294. The summed E-state index contributed by atoms with van der Waals surface area (Å²) in [6.07, 6.45) is 1.03. The van der Waals surface area contributed by atoms with Crippen LogP contribution in [0.3, 0.4) is 0 Å². The molecule has 0 aliphatic heterocycles. The van der Waals surface area contributed by atoms with Crippen LogP contribution in [0.2, 0.25) is 0 Å². The fourth-order valence-corrected chi connectivity index (χ4v) is 5.28. The Morgan fingerprint density at radius 3 is 2.96 bits per heavy atom. The number of hydrogen-bond acceptors (Lipinski definition) is 8. The molecule has 26 heavy (non-hydrogen) atoms. The van der Waals surface area contributed by atoms with E-state index in [1.807, 2.05) is 24.3 Å². The van der Waals surface area contributed by atoms with Gasteiger partial charge in [0.05, 0.1) is 15.9 Å². The second-order valence-electron chi connectivity index (χ2n) is 5.89. The minimum atomic E-state index is -0.0422. The SMILES string of the molecule is CCC(C)Nc1nnc(SCc2cc(=O)n3c(n2)sc2ccccc23)s1. The Kier molecular flexibility index (Phi) is 4.92. The van der Waals surface area contributed by atoms with Gasteiger partial charge in [-0.15, -0.1) is 10.2 Å². The van der Waals surface area contributed by atoms with E-state index in [2.05, 4.69) is 34.3 Å². The molecule has 4 rings (SSSR count). The first-order valence-corrected chi connectivity index (χ1v) is 10.9. The van der Waals surface area contributed by atoms with Gasteiger partial charge in [0.15, 0.2) is 9.30 Å². The summed E-state index contributed by atoms with van der Waals surface area (Å²) < 4.78 is 3.61. The van der Waals surface area contributed by atoms with Crippen molar-refractivity contribution in [3.8, 4) is 0 Å². The van der Waals surface area contributed by atoms with E-state index in [1.54, 1.807) is 22.2 Å². The molecule has 1 atom stereocenters. The zero-order chi connectivity index (χ0) is 18.1. The van der Waals surface area contributed by atoms with Crippen molar-refractivity contribution in [1.29, 1.82) is 0 Å². The lowest BCUT2D eigenvalue weighted by Crippen LogP contribution is -2.13. The minimum Gasteiger partial charge on any atom is -0.358 e. The number of anilines is 1. The summed E-state index contributed by atoms with van der Waals surface area (Å²) >= 11 is 4.61. The quantitative estimate of drug-likeness (QED) is 0.485. The van der Waals surface area contributed by atoms with E-state index in [4.69, 9.17) is 0 Å². The summed E-state index contributed by atoms with van der Waals surface area (Å²) in [6, 6.07) is 9.85. The molecule has 0 aliphatic carbocycles. The number of aromatic nitrogens is 4. The average Bonchev–Trinajstić information content (AvgIpc) is 3.23. The molecule has 0 aliphatic rings. The van der Waals surface area contributed by atoms with Crippen LogP contribution in [0, 0.1) is 0 Å². The van der Waals surface area contributed by atoms with Gasteiger partial charge in [0.1, 0.15) is 0 Å². The Hall–Kier alpha value is -1.97. The van der Waals surface area contributed by atoms with Crippen LogP contribution in [-0.2, 0) is 5.75 Å². The van der Waals surface area contributed by atoms with Gasteiger partial charge < -0.3 is 5.32 Å². The lowest BCUT2D eigenvalue weighted by atomic mass is 10.3. The highest BCUT2D eigenvalue weighted by Gasteiger charge is 2.11. The molecule has 0 amide bonds. The standard InChI is InChI=1S/C17H17N5OS3/c1-3-10(2)18-15-20-21-17(26-15)24-9-11-8-14(23)22-12-6-4-5-7-13(12)25-16(22)19-11/h4-8,10H,3,9H2,1-2H3,(H,18,20). The minimum absolute atomic E-state index is 0.0422. The molecule has 0 radical (unpaired) electrons. The van der Waals surface area contributed by atoms with Gasteiger partial charge in [0.2, 0.25) is 5.13 Å². The summed E-state index contributed by atoms with van der Waals surface area (Å²) in [6.45, 7) is 4.24. The molecule has 1 aromatic carbocycles. The van der Waals surface area contributed by atoms with Crippen molar-refractivity contribution < 1.29 is 0 Å². The molecule has 3 heterocycles. The van der Waals surface area contributed by atoms with Crippen LogP contribution in [0.5, 0.6) is 0 Å². The van der Waals surface area contributed by atoms with Crippen molar-refractivity contribution in [2.24, 2.45) is 0 Å². The van der Waals surface area contributed by atoms with Crippen molar-refractivity contribution in [3.63, 3.8) is 0 Å². The number of nitrogens with one attached hydrogen (secondary N) is 1. The van der Waals surface area contributed by atoms with Crippen molar-refractivity contribution >= 4 is 54.7 Å². The van der Waals surface area contributed by atoms with Crippen molar-refractivity contribution in [1.82, 2.24) is 19.6 Å². The number of thiazole rings is 1. The molecule has 0 fully saturated rings. The number of hydrogen-bond donors (Lipinski definition) is 1. The highest BCUT2D eigenvalue weighted by molar-refractivity contribution is 8.00. The molecule has 1 N–H and O–H groups in total. The van der Waals surface area contributed by atoms with Crippen molar-refractivity contribution in [3.05, 3.63) is 46.4 Å². The molecule has 4 aromatic rings. The van der Waals surface area contributed by atoms with Gasteiger partial charge in [-0.1, -0.05) is 53.5 Å². The van der Waals surface area contributed by atoms with Gasteiger partial charge >= 0.3 is 0 Å². The van der Waals surface area contributed by atoms with E-state index in [1.165, 1.54) is 22.7 Å². The molecular weight excluding hydrogens is 386 g/mol. The van der Waals surface area contributed by atoms with Crippen molar-refractivity contribution in [2.45, 2.75) is 36.4 Å². The van der Waals surface area contributed by atoms with Gasteiger partial charge in [-0.25, -0.2) is 4.98 Å². The molecule has 3 aromatic heterocycles. The van der Waals surface area contributed by atoms with E-state index in [0.717, 1.165) is 36.8 Å². The van der Waals surface area contributed by atoms with Crippen LogP contribution in [0.25, 0.3) is 15.2 Å². The smallest absolute Gasteiger partial charge is 0.259 e. The Morgan fingerprint density at radius 1 is 1.27 bits per heavy atom. The zero-order valence-corrected chi connectivity index (χ0v) is 16.7. The summed E-state index contributed by atoms with van der Waals surface area (Å²) in [7, 11) is 0. The van der Waals surface area contributed by atoms with E-state index >= 15 is 0 Å². The summed E-state index contributed by atoms with van der Waals surface area (Å²) in [5.41, 5.74) is 1.63. The van der Waals surface area contributed by atoms with E-state index < -0.39 is 0 Å². The molecule has 1 unspecified atom stereocenters. The molecule has 0 saturated heterocycles. The summed E-state index contributed by atoms with van der Waals surface area (Å²) in [5, 5.41) is 12.5. The van der Waals surface area contributed by atoms with Crippen molar-refractivity contribution in [2.75, 3.05) is 5.32 Å². The maximum absolute atomic E-state index is 12.5. The number of nitrogens with zero attached hydrogens (tertiary/aromatic N) is 4. The Balaban J connectivity index is 1.54. The van der Waals surface area contributed by atoms with Crippen LogP contribution in [-0.4, -0.2) is 25.6 Å². The van der Waals surface area contributed by atoms with Crippen LogP contribution in [0.4, 0.5) is 5.13 Å². The van der Waals surface area contributed by atoms with Gasteiger partial charge in [-0.2, -0.15) is 0 Å². The predicted octanol–water partition coefficient (Wildman–Crippen LogP) is 4.26. The molecule has 6 nitrogen and oxygen atoms in total. The Labute approximate surface area is 162 Å². The molecule has 0 saturated carbocycles. The number of fused-ring (bicyclic) bond motifs is 3. The normalized spacial score (nSPS) is 12.7. The fourth-order valence-electron chi connectivity index (χ4n) is 2.47. The van der Waals surface area contributed by atoms with Crippen LogP contribution in [0.15, 0.2) is 39.5 Å². The summed E-state index contributed by atoms with van der Waals surface area (Å²) in [5.74, 6) is 0.595. The Bertz CT molecular complexity index is 1120. The third-order valence-corrected chi connectivity index (χ3v) is 7.02. The topological polar surface area (TPSA) is 72.2 Å². The first-order chi connectivity index (χ1) is 12.6. The molecule has 0 bridgehead atoms. The number of benzene rings is 1. The van der Waals surface area contributed by atoms with Gasteiger partial charge in [0, 0.05) is 17.9 Å². The summed E-state index contributed by atoms with van der Waals surface area (Å²) in [4.78, 5) is 17.9. The zero-order valence-electron chi connectivity index (χ0n) is 14.3. The van der Waals surface area contributed by atoms with E-state index in [-0.39, 0.29) is 5.56 Å². The van der Waals surface area contributed by atoms with Gasteiger partial charge in [0.25, 0.3) is 5.56 Å². The second kappa shape index (κ2) is 7.34.